The number of rotatable bonds is 4. The molecule has 0 saturated carbocycles. The maximum Gasteiger partial charge on any atom is 0.309 e. The highest BCUT2D eigenvalue weighted by Crippen LogP contribution is 2.22. The molecule has 0 amide bonds. The van der Waals surface area contributed by atoms with Crippen LogP contribution < -0.4 is 0 Å². The second-order valence-corrected chi connectivity index (χ2v) is 3.47. The molecule has 0 aromatic rings. The highest BCUT2D eigenvalue weighted by Gasteiger charge is 2.25. The van der Waals surface area contributed by atoms with Crippen LogP contribution in [0.1, 0.15) is 40.0 Å². The summed E-state index contributed by atoms with van der Waals surface area (Å²) in [6.45, 7) is 5.28. The van der Waals surface area contributed by atoms with Gasteiger partial charge in [-0.05, 0) is 33.6 Å². The first kappa shape index (κ1) is 11.0. The lowest BCUT2D eigenvalue weighted by atomic mass is 9.87. The maximum absolute atomic E-state index is 10.6. The van der Waals surface area contributed by atoms with Gasteiger partial charge in [0.15, 0.2) is 0 Å². The van der Waals surface area contributed by atoms with Gasteiger partial charge >= 0.3 is 5.97 Å². The van der Waals surface area contributed by atoms with Gasteiger partial charge in [0, 0.05) is 6.42 Å². The lowest BCUT2D eigenvalue weighted by Crippen LogP contribution is -2.23. The number of aliphatic carboxylic acids is 1. The average molecular weight is 168 g/mol. The minimum Gasteiger partial charge on any atom is -0.481 e. The second-order valence-electron chi connectivity index (χ2n) is 3.47. The summed E-state index contributed by atoms with van der Waals surface area (Å²) in [5, 5.41) is 8.76. The summed E-state index contributed by atoms with van der Waals surface area (Å²) in [6, 6.07) is 0. The molecular weight excluding hydrogens is 152 g/mol. The molecule has 0 fully saturated rings. The third-order valence-corrected chi connectivity index (χ3v) is 1.86. The van der Waals surface area contributed by atoms with Crippen molar-refractivity contribution in [3.05, 3.63) is 0 Å². The molecule has 0 aliphatic heterocycles. The van der Waals surface area contributed by atoms with Crippen LogP contribution in [0.3, 0.4) is 0 Å². The summed E-state index contributed by atoms with van der Waals surface area (Å²) in [5.74, 6) is 4.97. The Bertz CT molecular complexity index is 206. The Hall–Kier alpha value is -0.970. The number of carbonyl (C=O) groups is 1. The van der Waals surface area contributed by atoms with Crippen LogP contribution in [-0.4, -0.2) is 11.1 Å². The van der Waals surface area contributed by atoms with Gasteiger partial charge in [-0.2, -0.15) is 0 Å². The van der Waals surface area contributed by atoms with E-state index < -0.39 is 11.4 Å². The van der Waals surface area contributed by atoms with Gasteiger partial charge in [0.2, 0.25) is 0 Å². The zero-order chi connectivity index (χ0) is 9.61. The van der Waals surface area contributed by atoms with Crippen LogP contribution in [0.5, 0.6) is 0 Å². The van der Waals surface area contributed by atoms with Crippen LogP contribution in [0.15, 0.2) is 0 Å². The van der Waals surface area contributed by atoms with Gasteiger partial charge in [-0.3, -0.25) is 4.79 Å². The van der Waals surface area contributed by atoms with E-state index in [0.717, 1.165) is 12.8 Å². The summed E-state index contributed by atoms with van der Waals surface area (Å²) in [5.41, 5.74) is -0.602. The third kappa shape index (κ3) is 4.02. The minimum absolute atomic E-state index is 0.602. The van der Waals surface area contributed by atoms with E-state index in [1.54, 1.807) is 20.8 Å². The van der Waals surface area contributed by atoms with E-state index in [1.165, 1.54) is 0 Å². The molecule has 0 heterocycles. The molecule has 0 aliphatic carbocycles. The van der Waals surface area contributed by atoms with Crippen molar-refractivity contribution in [2.75, 3.05) is 0 Å². The topological polar surface area (TPSA) is 37.3 Å². The molecule has 0 spiro atoms. The molecule has 0 bridgehead atoms. The summed E-state index contributed by atoms with van der Waals surface area (Å²) in [4.78, 5) is 10.6. The van der Waals surface area contributed by atoms with E-state index in [1.807, 2.05) is 0 Å². The average Bonchev–Trinajstić information content (AvgIpc) is 1.98. The first-order valence-electron chi connectivity index (χ1n) is 4.13. The van der Waals surface area contributed by atoms with E-state index >= 15 is 0 Å². The van der Waals surface area contributed by atoms with Crippen molar-refractivity contribution < 1.29 is 9.90 Å². The molecular formula is C10H16O2. The quantitative estimate of drug-likeness (QED) is 0.516. The largest absolute Gasteiger partial charge is 0.481 e. The van der Waals surface area contributed by atoms with Crippen molar-refractivity contribution in [3.63, 3.8) is 0 Å². The zero-order valence-corrected chi connectivity index (χ0v) is 7.98. The van der Waals surface area contributed by atoms with E-state index in [-0.39, 0.29) is 0 Å². The molecule has 0 rings (SSSR count). The van der Waals surface area contributed by atoms with Crippen molar-refractivity contribution in [2.24, 2.45) is 5.41 Å². The normalized spacial score (nSPS) is 10.2. The van der Waals surface area contributed by atoms with Crippen LogP contribution >= 0.6 is 0 Å². The van der Waals surface area contributed by atoms with Crippen molar-refractivity contribution in [1.82, 2.24) is 0 Å². The molecule has 1 N–H and O–H groups in total. The van der Waals surface area contributed by atoms with E-state index in [0.29, 0.717) is 6.42 Å². The monoisotopic (exact) mass is 168 g/mol. The van der Waals surface area contributed by atoms with E-state index in [4.69, 9.17) is 5.11 Å². The predicted molar refractivity (Wildman–Crippen MR) is 48.7 cm³/mol. The molecule has 0 aromatic heterocycles. The molecule has 0 unspecified atom stereocenters. The SMILES string of the molecule is CC#CCCCC(C)(C)C(=O)O. The summed E-state index contributed by atoms with van der Waals surface area (Å²) in [7, 11) is 0. The fourth-order valence-corrected chi connectivity index (χ4v) is 0.851. The van der Waals surface area contributed by atoms with Gasteiger partial charge in [-0.15, -0.1) is 11.8 Å². The Labute approximate surface area is 74.0 Å². The fraction of sp³-hybridized carbons (Fsp3) is 0.700. The van der Waals surface area contributed by atoms with Gasteiger partial charge in [0.1, 0.15) is 0 Å². The molecule has 0 saturated heterocycles. The molecule has 68 valence electrons. The molecule has 2 heteroatoms. The standard InChI is InChI=1S/C10H16O2/c1-4-5-6-7-8-10(2,3)9(11)12/h6-8H2,1-3H3,(H,11,12). The Kier molecular flexibility index (Phi) is 4.43. The van der Waals surface area contributed by atoms with Crippen molar-refractivity contribution in [1.29, 1.82) is 0 Å². The van der Waals surface area contributed by atoms with Crippen LogP contribution in [0.2, 0.25) is 0 Å². The Morgan fingerprint density at radius 2 is 2.08 bits per heavy atom. The first-order chi connectivity index (χ1) is 5.50. The molecule has 0 aliphatic rings. The van der Waals surface area contributed by atoms with Gasteiger partial charge in [0.25, 0.3) is 0 Å². The number of unbranched alkanes of at least 4 members (excludes halogenated alkanes) is 1. The zero-order valence-electron chi connectivity index (χ0n) is 7.98. The van der Waals surface area contributed by atoms with Gasteiger partial charge in [-0.1, -0.05) is 0 Å². The lowest BCUT2D eigenvalue weighted by Gasteiger charge is -2.17. The first-order valence-corrected chi connectivity index (χ1v) is 4.13. The van der Waals surface area contributed by atoms with Crippen molar-refractivity contribution in [3.8, 4) is 11.8 Å². The third-order valence-electron chi connectivity index (χ3n) is 1.86. The van der Waals surface area contributed by atoms with E-state index in [9.17, 15) is 4.79 Å². The maximum atomic E-state index is 10.6. The summed E-state index contributed by atoms with van der Waals surface area (Å²) < 4.78 is 0. The molecule has 0 radical (unpaired) electrons. The number of hydrogen-bond donors (Lipinski definition) is 1. The molecule has 12 heavy (non-hydrogen) atoms. The van der Waals surface area contributed by atoms with Gasteiger partial charge in [-0.25, -0.2) is 0 Å². The highest BCUT2D eigenvalue weighted by molar-refractivity contribution is 5.73. The summed E-state index contributed by atoms with van der Waals surface area (Å²) in [6.07, 6.45) is 2.35. The fourth-order valence-electron chi connectivity index (χ4n) is 0.851. The second kappa shape index (κ2) is 4.82. The van der Waals surface area contributed by atoms with Crippen LogP contribution in [0, 0.1) is 17.3 Å². The lowest BCUT2D eigenvalue weighted by molar-refractivity contribution is -0.147. The van der Waals surface area contributed by atoms with Crippen LogP contribution in [0.25, 0.3) is 0 Å². The van der Waals surface area contributed by atoms with Crippen LogP contribution in [0.4, 0.5) is 0 Å². The smallest absolute Gasteiger partial charge is 0.309 e. The van der Waals surface area contributed by atoms with Crippen LogP contribution in [-0.2, 0) is 4.79 Å². The molecule has 2 nitrogen and oxygen atoms in total. The van der Waals surface area contributed by atoms with Crippen molar-refractivity contribution in [2.45, 2.75) is 40.0 Å². The number of carboxylic acids is 1. The molecule has 0 aromatic carbocycles. The number of carboxylic acid groups (broad SMARTS) is 1. The number of hydrogen-bond acceptors (Lipinski definition) is 1. The Balaban J connectivity index is 3.74. The minimum atomic E-state index is -0.730. The summed E-state index contributed by atoms with van der Waals surface area (Å²) >= 11 is 0. The van der Waals surface area contributed by atoms with Gasteiger partial charge in [0.05, 0.1) is 5.41 Å². The Morgan fingerprint density at radius 1 is 1.50 bits per heavy atom. The molecule has 0 atom stereocenters. The van der Waals surface area contributed by atoms with E-state index in [2.05, 4.69) is 11.8 Å². The van der Waals surface area contributed by atoms with Gasteiger partial charge < -0.3 is 5.11 Å². The predicted octanol–water partition coefficient (Wildman–Crippen LogP) is 2.29. The van der Waals surface area contributed by atoms with Crippen molar-refractivity contribution >= 4 is 5.97 Å². The Morgan fingerprint density at radius 3 is 2.50 bits per heavy atom. The highest BCUT2D eigenvalue weighted by atomic mass is 16.4.